The molecule has 0 atom stereocenters. The van der Waals surface area contributed by atoms with Crippen molar-refractivity contribution in [3.05, 3.63) is 72.9 Å². The van der Waals surface area contributed by atoms with Crippen molar-refractivity contribution >= 4 is 43.4 Å². The zero-order chi connectivity index (χ0) is 17.8. The number of thiophene rings is 1. The molecule has 0 saturated carbocycles. The van der Waals surface area contributed by atoms with E-state index in [2.05, 4.69) is 52.7 Å². The van der Waals surface area contributed by atoms with Gasteiger partial charge in [0.1, 0.15) is 5.52 Å². The molecule has 0 saturated heterocycles. The van der Waals surface area contributed by atoms with E-state index in [1.807, 2.05) is 30.5 Å². The van der Waals surface area contributed by atoms with Gasteiger partial charge >= 0.3 is 0 Å². The predicted octanol–water partition coefficient (Wildman–Crippen LogP) is 6.25. The van der Waals surface area contributed by atoms with Crippen molar-refractivity contribution in [1.29, 1.82) is 0 Å². The van der Waals surface area contributed by atoms with Gasteiger partial charge in [-0.25, -0.2) is 4.98 Å². The smallest absolute Gasteiger partial charge is 0.227 e. The molecule has 0 spiro atoms. The number of rotatable bonds is 2. The normalized spacial score (nSPS) is 11.7. The van der Waals surface area contributed by atoms with Crippen LogP contribution >= 0.6 is 11.3 Å². The van der Waals surface area contributed by atoms with Crippen molar-refractivity contribution in [3.8, 4) is 21.9 Å². The molecule has 0 unspecified atom stereocenters. The van der Waals surface area contributed by atoms with Crippen LogP contribution in [0, 0.1) is 0 Å². The molecule has 0 amide bonds. The third-order valence-electron chi connectivity index (χ3n) is 4.79. The summed E-state index contributed by atoms with van der Waals surface area (Å²) in [4.78, 5) is 5.96. The highest BCUT2D eigenvalue weighted by atomic mass is 32.1. The van der Waals surface area contributed by atoms with Gasteiger partial charge in [0, 0.05) is 20.5 Å². The van der Waals surface area contributed by atoms with Crippen molar-refractivity contribution in [2.45, 2.75) is 0 Å². The molecule has 128 valence electrons. The lowest BCUT2D eigenvalue weighted by atomic mass is 10.1. The molecule has 0 aliphatic rings. The Bertz CT molecular complexity index is 1410. The summed E-state index contributed by atoms with van der Waals surface area (Å²) < 4.78 is 7.28. The molecule has 4 nitrogen and oxygen atoms in total. The zero-order valence-electron chi connectivity index (χ0n) is 14.1. The van der Waals surface area contributed by atoms with E-state index < -0.39 is 0 Å². The first-order valence-corrected chi connectivity index (χ1v) is 9.48. The number of H-pyrrole nitrogens is 1. The summed E-state index contributed by atoms with van der Waals surface area (Å²) >= 11 is 1.80. The summed E-state index contributed by atoms with van der Waals surface area (Å²) in [5.74, 6) is 0.620. The molecule has 1 N–H and O–H groups in total. The highest BCUT2D eigenvalue weighted by Gasteiger charge is 2.11. The molecule has 0 fully saturated rings. The maximum absolute atomic E-state index is 5.99. The van der Waals surface area contributed by atoms with E-state index in [0.717, 1.165) is 33.1 Å². The lowest BCUT2D eigenvalue weighted by Gasteiger charge is -1.95. The number of hydrogen-bond acceptors (Lipinski definition) is 4. The second kappa shape index (κ2) is 5.53. The maximum Gasteiger partial charge on any atom is 0.227 e. The largest absolute Gasteiger partial charge is 0.436 e. The second-order valence-corrected chi connectivity index (χ2v) is 7.61. The fourth-order valence-corrected chi connectivity index (χ4v) is 4.46. The molecule has 0 aliphatic heterocycles. The van der Waals surface area contributed by atoms with Crippen LogP contribution in [-0.4, -0.2) is 15.2 Å². The molecule has 3 heterocycles. The summed E-state index contributed by atoms with van der Waals surface area (Å²) in [5, 5.41) is 9.40. The van der Waals surface area contributed by atoms with Crippen LogP contribution in [0.5, 0.6) is 0 Å². The molecule has 0 radical (unpaired) electrons. The topological polar surface area (TPSA) is 54.7 Å². The van der Waals surface area contributed by atoms with Gasteiger partial charge in [-0.2, -0.15) is 5.10 Å². The molecule has 3 aromatic carbocycles. The first-order chi connectivity index (χ1) is 13.3. The number of aromatic amines is 1. The standard InChI is InChI=1S/C22H13N3OS/c1-2-4-20-13(3-1)11-21(27-20)14-7-8-19-18(9-14)24-22(26-19)15-5-6-16-12-23-25-17(16)10-15/h1-12H,(H,23,25). The van der Waals surface area contributed by atoms with Crippen LogP contribution in [0.3, 0.4) is 0 Å². The van der Waals surface area contributed by atoms with Crippen molar-refractivity contribution in [1.82, 2.24) is 15.2 Å². The maximum atomic E-state index is 5.99. The monoisotopic (exact) mass is 367 g/mol. The van der Waals surface area contributed by atoms with E-state index in [4.69, 9.17) is 9.40 Å². The van der Waals surface area contributed by atoms with Crippen LogP contribution in [-0.2, 0) is 0 Å². The van der Waals surface area contributed by atoms with Gasteiger partial charge in [0.2, 0.25) is 5.89 Å². The Hall–Kier alpha value is -3.44. The van der Waals surface area contributed by atoms with E-state index in [1.54, 1.807) is 11.3 Å². The van der Waals surface area contributed by atoms with Crippen LogP contribution < -0.4 is 0 Å². The molecular weight excluding hydrogens is 354 g/mol. The first kappa shape index (κ1) is 14.7. The Labute approximate surface area is 158 Å². The number of nitrogens with one attached hydrogen (secondary N) is 1. The summed E-state index contributed by atoms with van der Waals surface area (Å²) in [7, 11) is 0. The third-order valence-corrected chi connectivity index (χ3v) is 5.95. The number of hydrogen-bond donors (Lipinski definition) is 1. The molecule has 6 aromatic rings. The minimum Gasteiger partial charge on any atom is -0.436 e. The van der Waals surface area contributed by atoms with Gasteiger partial charge in [0.15, 0.2) is 5.58 Å². The van der Waals surface area contributed by atoms with Gasteiger partial charge in [0.25, 0.3) is 0 Å². The minimum atomic E-state index is 0.620. The number of benzene rings is 3. The Morgan fingerprint density at radius 1 is 0.852 bits per heavy atom. The van der Waals surface area contributed by atoms with Crippen molar-refractivity contribution in [3.63, 3.8) is 0 Å². The quantitative estimate of drug-likeness (QED) is 0.393. The van der Waals surface area contributed by atoms with E-state index in [9.17, 15) is 0 Å². The molecule has 27 heavy (non-hydrogen) atoms. The summed E-state index contributed by atoms with van der Waals surface area (Å²) in [6.45, 7) is 0. The summed E-state index contributed by atoms with van der Waals surface area (Å²) in [6, 6.07) is 22.9. The molecule has 3 aromatic heterocycles. The van der Waals surface area contributed by atoms with Crippen molar-refractivity contribution in [2.75, 3.05) is 0 Å². The van der Waals surface area contributed by atoms with Crippen molar-refractivity contribution in [2.24, 2.45) is 0 Å². The SMILES string of the molecule is c1ccc2sc(-c3ccc4oc(-c5ccc6cn[nH]c6c5)nc4c3)cc2c1. The molecule has 5 heteroatoms. The lowest BCUT2D eigenvalue weighted by molar-refractivity contribution is 0.620. The Morgan fingerprint density at radius 2 is 1.78 bits per heavy atom. The van der Waals surface area contributed by atoms with Gasteiger partial charge in [0.05, 0.1) is 11.7 Å². The van der Waals surface area contributed by atoms with E-state index in [1.165, 1.54) is 15.0 Å². The van der Waals surface area contributed by atoms with Crippen LogP contribution in [0.4, 0.5) is 0 Å². The van der Waals surface area contributed by atoms with Gasteiger partial charge in [-0.1, -0.05) is 24.3 Å². The van der Waals surface area contributed by atoms with Crippen LogP contribution in [0.25, 0.3) is 54.0 Å². The van der Waals surface area contributed by atoms with Gasteiger partial charge in [-0.3, -0.25) is 5.10 Å². The first-order valence-electron chi connectivity index (χ1n) is 8.66. The lowest BCUT2D eigenvalue weighted by Crippen LogP contribution is -1.78. The number of oxazole rings is 1. The number of fused-ring (bicyclic) bond motifs is 3. The fourth-order valence-electron chi connectivity index (χ4n) is 3.40. The van der Waals surface area contributed by atoms with Crippen molar-refractivity contribution < 1.29 is 4.42 Å². The minimum absolute atomic E-state index is 0.620. The number of aromatic nitrogens is 3. The highest BCUT2D eigenvalue weighted by molar-refractivity contribution is 7.22. The van der Waals surface area contributed by atoms with Crippen LogP contribution in [0.15, 0.2) is 77.3 Å². The van der Waals surface area contributed by atoms with E-state index in [-0.39, 0.29) is 0 Å². The second-order valence-electron chi connectivity index (χ2n) is 6.52. The number of nitrogens with zero attached hydrogens (tertiary/aromatic N) is 2. The van der Waals surface area contributed by atoms with Crippen LogP contribution in [0.1, 0.15) is 0 Å². The molecule has 6 rings (SSSR count). The van der Waals surface area contributed by atoms with Gasteiger partial charge < -0.3 is 4.42 Å². The highest BCUT2D eigenvalue weighted by Crippen LogP contribution is 2.35. The predicted molar refractivity (Wildman–Crippen MR) is 110 cm³/mol. The average Bonchev–Trinajstić information content (AvgIpc) is 3.42. The molecular formula is C22H13N3OS. The summed E-state index contributed by atoms with van der Waals surface area (Å²) in [6.07, 6.45) is 1.81. The fraction of sp³-hybridized carbons (Fsp3) is 0. The van der Waals surface area contributed by atoms with Crippen LogP contribution in [0.2, 0.25) is 0 Å². The zero-order valence-corrected chi connectivity index (χ0v) is 15.0. The van der Waals surface area contributed by atoms with Gasteiger partial charge in [-0.05, 0) is 53.4 Å². The van der Waals surface area contributed by atoms with E-state index >= 15 is 0 Å². The van der Waals surface area contributed by atoms with E-state index in [0.29, 0.717) is 5.89 Å². The molecule has 0 aliphatic carbocycles. The average molecular weight is 367 g/mol. The Morgan fingerprint density at radius 3 is 2.74 bits per heavy atom. The van der Waals surface area contributed by atoms with Gasteiger partial charge in [-0.15, -0.1) is 11.3 Å². The molecule has 0 bridgehead atoms. The summed E-state index contributed by atoms with van der Waals surface area (Å²) in [5.41, 5.74) is 4.73. The Kier molecular flexibility index (Phi) is 3.01. The Balaban J connectivity index is 1.46. The third kappa shape index (κ3) is 2.36.